The number of rotatable bonds is 5. The summed E-state index contributed by atoms with van der Waals surface area (Å²) >= 11 is 7.65. The van der Waals surface area contributed by atoms with Crippen molar-refractivity contribution in [3.8, 4) is 5.75 Å². The van der Waals surface area contributed by atoms with Crippen LogP contribution in [-0.2, 0) is 6.61 Å². The molecule has 2 saturated heterocycles. The molecule has 4 rings (SSSR count). The number of nitrogens with one attached hydrogen (secondary N) is 1. The topological polar surface area (TPSA) is 41.6 Å². The summed E-state index contributed by atoms with van der Waals surface area (Å²) < 4.78 is 5.83. The summed E-state index contributed by atoms with van der Waals surface area (Å²) in [7, 11) is 2.21. The number of piperidine rings is 1. The average molecular weight is 405 g/mol. The summed E-state index contributed by atoms with van der Waals surface area (Å²) in [6, 6.07) is 9.19. The molecule has 2 fully saturated rings. The molecule has 1 amide bonds. The Bertz CT molecular complexity index is 823. The summed E-state index contributed by atoms with van der Waals surface area (Å²) in [5.41, 5.74) is 2.10. The molecule has 1 aromatic heterocycles. The van der Waals surface area contributed by atoms with Crippen molar-refractivity contribution in [1.82, 2.24) is 10.2 Å². The van der Waals surface area contributed by atoms with Gasteiger partial charge in [0.2, 0.25) is 0 Å². The molecule has 1 aromatic carbocycles. The molecule has 3 heterocycles. The Morgan fingerprint density at radius 1 is 1.30 bits per heavy atom. The highest BCUT2D eigenvalue weighted by Crippen LogP contribution is 2.34. The predicted octanol–water partition coefficient (Wildman–Crippen LogP) is 4.64. The number of halogens is 1. The van der Waals surface area contributed by atoms with Gasteiger partial charge in [-0.2, -0.15) is 0 Å². The molecule has 0 spiro atoms. The Hall–Kier alpha value is -1.56. The van der Waals surface area contributed by atoms with Crippen LogP contribution in [-0.4, -0.2) is 36.0 Å². The normalized spacial score (nSPS) is 24.8. The van der Waals surface area contributed by atoms with Crippen molar-refractivity contribution < 1.29 is 9.53 Å². The number of thiophene rings is 1. The zero-order valence-corrected chi connectivity index (χ0v) is 17.3. The van der Waals surface area contributed by atoms with Crippen LogP contribution >= 0.6 is 22.9 Å². The minimum absolute atomic E-state index is 0.0359. The Morgan fingerprint density at radius 3 is 2.78 bits per heavy atom. The van der Waals surface area contributed by atoms with Crippen LogP contribution in [0.3, 0.4) is 0 Å². The van der Waals surface area contributed by atoms with E-state index in [1.54, 1.807) is 0 Å². The molecule has 2 bridgehead atoms. The first-order valence-corrected chi connectivity index (χ1v) is 10.7. The van der Waals surface area contributed by atoms with Gasteiger partial charge in [0.25, 0.3) is 5.91 Å². The number of hydrogen-bond acceptors (Lipinski definition) is 4. The van der Waals surface area contributed by atoms with E-state index in [4.69, 9.17) is 16.3 Å². The smallest absolute Gasteiger partial charge is 0.261 e. The van der Waals surface area contributed by atoms with E-state index in [9.17, 15) is 4.79 Å². The third-order valence-electron chi connectivity index (χ3n) is 5.79. The van der Waals surface area contributed by atoms with E-state index in [0.717, 1.165) is 28.8 Å². The maximum absolute atomic E-state index is 12.6. The quantitative estimate of drug-likeness (QED) is 0.788. The van der Waals surface area contributed by atoms with E-state index in [0.29, 0.717) is 35.5 Å². The summed E-state index contributed by atoms with van der Waals surface area (Å²) in [6.07, 6.45) is 4.64. The minimum Gasteiger partial charge on any atom is -0.487 e. The van der Waals surface area contributed by atoms with Crippen molar-refractivity contribution in [2.75, 3.05) is 7.05 Å². The second-order valence-electron chi connectivity index (χ2n) is 7.73. The number of nitrogens with zero attached hydrogens (tertiary/aromatic N) is 1. The van der Waals surface area contributed by atoms with Gasteiger partial charge in [-0.05, 0) is 68.8 Å². The second-order valence-corrected chi connectivity index (χ2v) is 9.05. The molecule has 27 heavy (non-hydrogen) atoms. The maximum Gasteiger partial charge on any atom is 0.261 e. The van der Waals surface area contributed by atoms with Crippen LogP contribution in [0.2, 0.25) is 5.02 Å². The largest absolute Gasteiger partial charge is 0.487 e. The molecule has 0 aliphatic carbocycles. The Morgan fingerprint density at radius 2 is 2.04 bits per heavy atom. The first-order chi connectivity index (χ1) is 13.0. The van der Waals surface area contributed by atoms with Crippen molar-refractivity contribution in [2.45, 2.75) is 57.3 Å². The van der Waals surface area contributed by atoms with Crippen LogP contribution < -0.4 is 10.1 Å². The zero-order valence-electron chi connectivity index (χ0n) is 15.7. The van der Waals surface area contributed by atoms with Gasteiger partial charge in [-0.15, -0.1) is 11.3 Å². The Balaban J connectivity index is 1.33. The first kappa shape index (κ1) is 18.8. The van der Waals surface area contributed by atoms with E-state index in [1.165, 1.54) is 24.2 Å². The first-order valence-electron chi connectivity index (χ1n) is 9.49. The number of benzene rings is 1. The SMILES string of the molecule is Cc1ccc(Cl)c(OCc2csc(C(=O)NC3CC4CCC(C3)N4C)c2)c1. The molecule has 144 valence electrons. The molecule has 6 heteroatoms. The molecule has 0 saturated carbocycles. The van der Waals surface area contributed by atoms with Gasteiger partial charge >= 0.3 is 0 Å². The Labute approximate surface area is 169 Å². The summed E-state index contributed by atoms with van der Waals surface area (Å²) in [5.74, 6) is 0.712. The Kier molecular flexibility index (Phi) is 5.44. The predicted molar refractivity (Wildman–Crippen MR) is 110 cm³/mol. The standard InChI is InChI=1S/C21H25ClN2O2S/c1-13-3-6-18(22)19(7-13)26-11-14-8-20(27-12-14)21(25)23-15-9-16-4-5-17(10-15)24(16)2/h3,6-8,12,15-17H,4-5,9-11H2,1-2H3,(H,23,25). The molecule has 4 nitrogen and oxygen atoms in total. The number of carbonyl (C=O) groups is 1. The van der Waals surface area contributed by atoms with Gasteiger partial charge in [0.15, 0.2) is 0 Å². The van der Waals surface area contributed by atoms with Crippen LogP contribution in [0.15, 0.2) is 29.6 Å². The third-order valence-corrected chi connectivity index (χ3v) is 7.08. The van der Waals surface area contributed by atoms with Gasteiger partial charge in [-0.3, -0.25) is 4.79 Å². The van der Waals surface area contributed by atoms with Gasteiger partial charge in [0.05, 0.1) is 9.90 Å². The number of amides is 1. The molecule has 2 aliphatic rings. The highest BCUT2D eigenvalue weighted by Gasteiger charge is 2.38. The van der Waals surface area contributed by atoms with E-state index in [2.05, 4.69) is 17.3 Å². The molecular weight excluding hydrogens is 380 g/mol. The molecule has 1 N–H and O–H groups in total. The maximum atomic E-state index is 12.6. The lowest BCUT2D eigenvalue weighted by Gasteiger charge is -2.36. The van der Waals surface area contributed by atoms with E-state index < -0.39 is 0 Å². The lowest BCUT2D eigenvalue weighted by atomic mass is 9.98. The average Bonchev–Trinajstić information content (AvgIpc) is 3.18. The van der Waals surface area contributed by atoms with Crippen LogP contribution in [0.25, 0.3) is 0 Å². The molecule has 2 aromatic rings. The highest BCUT2D eigenvalue weighted by molar-refractivity contribution is 7.12. The van der Waals surface area contributed by atoms with Gasteiger partial charge in [-0.1, -0.05) is 17.7 Å². The zero-order chi connectivity index (χ0) is 19.0. The van der Waals surface area contributed by atoms with Gasteiger partial charge in [-0.25, -0.2) is 0 Å². The number of aryl methyl sites for hydroxylation is 1. The van der Waals surface area contributed by atoms with Crippen molar-refractivity contribution in [3.63, 3.8) is 0 Å². The minimum atomic E-state index is 0.0359. The van der Waals surface area contributed by atoms with Gasteiger partial charge < -0.3 is 15.0 Å². The van der Waals surface area contributed by atoms with Crippen LogP contribution in [0.5, 0.6) is 5.75 Å². The molecule has 2 unspecified atom stereocenters. The fourth-order valence-electron chi connectivity index (χ4n) is 4.24. The lowest BCUT2D eigenvalue weighted by Crippen LogP contribution is -2.48. The van der Waals surface area contributed by atoms with E-state index in [-0.39, 0.29) is 5.91 Å². The fourth-order valence-corrected chi connectivity index (χ4v) is 5.21. The monoisotopic (exact) mass is 404 g/mol. The number of fused-ring (bicyclic) bond motifs is 2. The van der Waals surface area contributed by atoms with Gasteiger partial charge in [0, 0.05) is 23.7 Å². The van der Waals surface area contributed by atoms with Gasteiger partial charge in [0.1, 0.15) is 12.4 Å². The molecular formula is C21H25ClN2O2S. The van der Waals surface area contributed by atoms with Crippen LogP contribution in [0, 0.1) is 6.92 Å². The van der Waals surface area contributed by atoms with Crippen LogP contribution in [0.1, 0.15) is 46.5 Å². The van der Waals surface area contributed by atoms with E-state index in [1.807, 2.05) is 36.6 Å². The lowest BCUT2D eigenvalue weighted by molar-refractivity contribution is 0.0886. The molecule has 0 radical (unpaired) electrons. The number of ether oxygens (including phenoxy) is 1. The van der Waals surface area contributed by atoms with E-state index >= 15 is 0 Å². The summed E-state index contributed by atoms with van der Waals surface area (Å²) in [4.78, 5) is 15.9. The fraction of sp³-hybridized carbons (Fsp3) is 0.476. The summed E-state index contributed by atoms with van der Waals surface area (Å²) in [5, 5.41) is 5.83. The number of carbonyl (C=O) groups excluding carboxylic acids is 1. The summed E-state index contributed by atoms with van der Waals surface area (Å²) in [6.45, 7) is 2.41. The molecule has 2 atom stereocenters. The van der Waals surface area contributed by atoms with Crippen molar-refractivity contribution >= 4 is 28.8 Å². The van der Waals surface area contributed by atoms with Crippen molar-refractivity contribution in [3.05, 3.63) is 50.7 Å². The highest BCUT2D eigenvalue weighted by atomic mass is 35.5. The third kappa shape index (κ3) is 4.15. The second kappa shape index (κ2) is 7.82. The van der Waals surface area contributed by atoms with Crippen molar-refractivity contribution in [2.24, 2.45) is 0 Å². The molecule has 2 aliphatic heterocycles. The van der Waals surface area contributed by atoms with Crippen molar-refractivity contribution in [1.29, 1.82) is 0 Å². The number of hydrogen-bond donors (Lipinski definition) is 1. The van der Waals surface area contributed by atoms with Crippen LogP contribution in [0.4, 0.5) is 0 Å².